The first-order valence-electron chi connectivity index (χ1n) is 9.25. The summed E-state index contributed by atoms with van der Waals surface area (Å²) >= 11 is 1.26. The molecule has 1 aromatic carbocycles. The second-order valence-corrected chi connectivity index (χ2v) is 10.0. The summed E-state index contributed by atoms with van der Waals surface area (Å²) < 4.78 is 28.4. The Bertz CT molecular complexity index is 1020. The van der Waals surface area contributed by atoms with Crippen molar-refractivity contribution in [1.29, 1.82) is 0 Å². The summed E-state index contributed by atoms with van der Waals surface area (Å²) in [4.78, 5) is 30.2. The second-order valence-electron chi connectivity index (χ2n) is 7.40. The lowest BCUT2D eigenvalue weighted by atomic mass is 10.1. The number of thiazole rings is 1. The molecule has 2 atom stereocenters. The lowest BCUT2D eigenvalue weighted by Crippen LogP contribution is -2.47. The van der Waals surface area contributed by atoms with Crippen LogP contribution in [0.25, 0.3) is 0 Å². The summed E-state index contributed by atoms with van der Waals surface area (Å²) in [5, 5.41) is 4.78. The van der Waals surface area contributed by atoms with Gasteiger partial charge in [-0.1, -0.05) is 13.8 Å². The third-order valence-electron chi connectivity index (χ3n) is 4.81. The number of hydrogen-bond acceptors (Lipinski definition) is 6. The first-order chi connectivity index (χ1) is 13.6. The molecule has 0 bridgehead atoms. The zero-order chi connectivity index (χ0) is 21.3. The van der Waals surface area contributed by atoms with E-state index in [1.54, 1.807) is 42.5 Å². The summed E-state index contributed by atoms with van der Waals surface area (Å²) in [7, 11) is -3.94. The van der Waals surface area contributed by atoms with Crippen molar-refractivity contribution in [2.45, 2.75) is 51.1 Å². The molecule has 29 heavy (non-hydrogen) atoms. The molecule has 1 aromatic heterocycles. The van der Waals surface area contributed by atoms with Gasteiger partial charge in [-0.3, -0.25) is 9.59 Å². The lowest BCUT2D eigenvalue weighted by molar-refractivity contribution is -0.118. The SMILES string of the molecule is CC(=O)N1c2ccc(S(=O)(=O)NC(C(=O)Nc3nccs3)C(C)C)cc2CC1C. The summed E-state index contributed by atoms with van der Waals surface area (Å²) in [6.45, 7) is 6.95. The van der Waals surface area contributed by atoms with E-state index in [4.69, 9.17) is 0 Å². The normalized spacial score (nSPS) is 17.3. The first kappa shape index (κ1) is 21.4. The quantitative estimate of drug-likeness (QED) is 0.723. The lowest BCUT2D eigenvalue weighted by Gasteiger charge is -2.22. The molecule has 0 saturated heterocycles. The summed E-state index contributed by atoms with van der Waals surface area (Å²) in [6, 6.07) is 3.71. The van der Waals surface area contributed by atoms with Crippen molar-refractivity contribution in [3.63, 3.8) is 0 Å². The Kier molecular flexibility index (Phi) is 6.06. The molecule has 10 heteroatoms. The Morgan fingerprint density at radius 2 is 2.03 bits per heavy atom. The predicted octanol–water partition coefficient (Wildman–Crippen LogP) is 2.38. The monoisotopic (exact) mass is 436 g/mol. The van der Waals surface area contributed by atoms with Crippen molar-refractivity contribution in [2.75, 3.05) is 10.2 Å². The highest BCUT2D eigenvalue weighted by molar-refractivity contribution is 7.89. The fourth-order valence-electron chi connectivity index (χ4n) is 3.45. The Labute approximate surface area is 174 Å². The molecule has 3 rings (SSSR count). The third-order valence-corrected chi connectivity index (χ3v) is 6.94. The second kappa shape index (κ2) is 8.21. The number of benzene rings is 1. The summed E-state index contributed by atoms with van der Waals surface area (Å²) in [5.41, 5.74) is 1.52. The number of carbonyl (C=O) groups is 2. The molecular weight excluding hydrogens is 412 g/mol. The number of hydrogen-bond donors (Lipinski definition) is 2. The van der Waals surface area contributed by atoms with Crippen LogP contribution in [0.15, 0.2) is 34.7 Å². The zero-order valence-electron chi connectivity index (χ0n) is 16.7. The van der Waals surface area contributed by atoms with Crippen LogP contribution in [0.3, 0.4) is 0 Å². The number of sulfonamides is 1. The molecule has 0 fully saturated rings. The van der Waals surface area contributed by atoms with Crippen LogP contribution in [-0.2, 0) is 26.0 Å². The topological polar surface area (TPSA) is 108 Å². The van der Waals surface area contributed by atoms with Gasteiger partial charge in [-0.15, -0.1) is 11.3 Å². The van der Waals surface area contributed by atoms with E-state index in [2.05, 4.69) is 15.0 Å². The van der Waals surface area contributed by atoms with Crippen molar-refractivity contribution in [2.24, 2.45) is 5.92 Å². The van der Waals surface area contributed by atoms with E-state index in [0.29, 0.717) is 11.6 Å². The van der Waals surface area contributed by atoms with Gasteiger partial charge in [0.1, 0.15) is 6.04 Å². The van der Waals surface area contributed by atoms with Crippen molar-refractivity contribution in [1.82, 2.24) is 9.71 Å². The largest absolute Gasteiger partial charge is 0.309 e. The zero-order valence-corrected chi connectivity index (χ0v) is 18.3. The molecule has 2 unspecified atom stereocenters. The molecule has 2 heterocycles. The van der Waals surface area contributed by atoms with Crippen LogP contribution >= 0.6 is 11.3 Å². The highest BCUT2D eigenvalue weighted by atomic mass is 32.2. The average Bonchev–Trinajstić information content (AvgIpc) is 3.24. The molecule has 0 aliphatic carbocycles. The molecule has 0 saturated carbocycles. The fraction of sp³-hybridized carbons (Fsp3) is 0.421. The Morgan fingerprint density at radius 3 is 2.62 bits per heavy atom. The molecule has 1 aliphatic rings. The molecule has 1 aliphatic heterocycles. The van der Waals surface area contributed by atoms with Gasteiger partial charge in [-0.2, -0.15) is 4.72 Å². The highest BCUT2D eigenvalue weighted by Crippen LogP contribution is 2.34. The Hall–Kier alpha value is -2.30. The molecule has 0 radical (unpaired) electrons. The number of fused-ring (bicyclic) bond motifs is 1. The number of carbonyl (C=O) groups excluding carboxylic acids is 2. The Morgan fingerprint density at radius 1 is 1.31 bits per heavy atom. The number of amides is 2. The maximum Gasteiger partial charge on any atom is 0.244 e. The number of nitrogens with zero attached hydrogens (tertiary/aromatic N) is 2. The summed E-state index contributed by atoms with van der Waals surface area (Å²) in [5.74, 6) is -0.813. The Balaban J connectivity index is 1.84. The minimum atomic E-state index is -3.94. The highest BCUT2D eigenvalue weighted by Gasteiger charge is 2.32. The van der Waals surface area contributed by atoms with Crippen LogP contribution in [0.4, 0.5) is 10.8 Å². The van der Waals surface area contributed by atoms with Gasteiger partial charge in [0.05, 0.1) is 4.90 Å². The van der Waals surface area contributed by atoms with E-state index < -0.39 is 22.0 Å². The summed E-state index contributed by atoms with van der Waals surface area (Å²) in [6.07, 6.45) is 2.14. The van der Waals surface area contributed by atoms with Gasteiger partial charge < -0.3 is 10.2 Å². The number of aromatic nitrogens is 1. The van der Waals surface area contributed by atoms with Crippen molar-refractivity contribution in [3.8, 4) is 0 Å². The minimum absolute atomic E-state index is 0.0269. The standard InChI is InChI=1S/C19H24N4O4S2/c1-11(2)17(18(25)21-19-20-7-8-28-19)22-29(26,27)15-5-6-16-14(10-15)9-12(3)23(16)13(4)24/h5-8,10-12,17,22H,9H2,1-4H3,(H,20,21,25). The molecule has 2 amide bonds. The number of anilines is 2. The molecule has 2 N–H and O–H groups in total. The van der Waals surface area contributed by atoms with Gasteiger partial charge in [0, 0.05) is 30.2 Å². The van der Waals surface area contributed by atoms with Crippen molar-refractivity contribution in [3.05, 3.63) is 35.3 Å². The van der Waals surface area contributed by atoms with Crippen LogP contribution in [0.5, 0.6) is 0 Å². The fourth-order valence-corrected chi connectivity index (χ4v) is 5.38. The van der Waals surface area contributed by atoms with E-state index in [1.807, 2.05) is 6.92 Å². The van der Waals surface area contributed by atoms with Crippen LogP contribution in [0.1, 0.15) is 33.3 Å². The van der Waals surface area contributed by atoms with Gasteiger partial charge in [-0.05, 0) is 43.0 Å². The van der Waals surface area contributed by atoms with Gasteiger partial charge in [0.2, 0.25) is 21.8 Å². The van der Waals surface area contributed by atoms with Gasteiger partial charge in [0.25, 0.3) is 0 Å². The van der Waals surface area contributed by atoms with Crippen LogP contribution in [0.2, 0.25) is 0 Å². The van der Waals surface area contributed by atoms with Crippen LogP contribution in [-0.4, -0.2) is 37.3 Å². The average molecular weight is 437 g/mol. The third kappa shape index (κ3) is 4.49. The first-order valence-corrected chi connectivity index (χ1v) is 11.6. The van der Waals surface area contributed by atoms with E-state index in [1.165, 1.54) is 24.3 Å². The van der Waals surface area contributed by atoms with Crippen LogP contribution < -0.4 is 14.9 Å². The van der Waals surface area contributed by atoms with Crippen LogP contribution in [0, 0.1) is 5.92 Å². The smallest absolute Gasteiger partial charge is 0.244 e. The number of nitrogens with one attached hydrogen (secondary N) is 2. The van der Waals surface area contributed by atoms with Gasteiger partial charge in [-0.25, -0.2) is 13.4 Å². The molecule has 0 spiro atoms. The molecule has 8 nitrogen and oxygen atoms in total. The van der Waals surface area contributed by atoms with E-state index >= 15 is 0 Å². The van der Waals surface area contributed by atoms with E-state index in [0.717, 1.165) is 11.3 Å². The van der Waals surface area contributed by atoms with Gasteiger partial charge >= 0.3 is 0 Å². The van der Waals surface area contributed by atoms with Crippen molar-refractivity contribution >= 4 is 44.0 Å². The predicted molar refractivity (Wildman–Crippen MR) is 112 cm³/mol. The maximum atomic E-state index is 13.0. The molecule has 2 aromatic rings. The molecular formula is C19H24N4O4S2. The van der Waals surface area contributed by atoms with E-state index in [9.17, 15) is 18.0 Å². The van der Waals surface area contributed by atoms with E-state index in [-0.39, 0.29) is 22.8 Å². The maximum absolute atomic E-state index is 13.0. The van der Waals surface area contributed by atoms with Crippen molar-refractivity contribution < 1.29 is 18.0 Å². The van der Waals surface area contributed by atoms with Gasteiger partial charge in [0.15, 0.2) is 5.13 Å². The number of rotatable bonds is 6. The molecule has 156 valence electrons. The minimum Gasteiger partial charge on any atom is -0.309 e.